The van der Waals surface area contributed by atoms with Crippen molar-refractivity contribution in [2.75, 3.05) is 0 Å². The van der Waals surface area contributed by atoms with Gasteiger partial charge in [-0.05, 0) is 43.4 Å². The molecule has 0 atom stereocenters. The average molecular weight is 304 g/mol. The van der Waals surface area contributed by atoms with E-state index in [2.05, 4.69) is 27.2 Å². The Morgan fingerprint density at radius 1 is 1.10 bits per heavy atom. The summed E-state index contributed by atoms with van der Waals surface area (Å²) in [5.74, 6) is 2.19. The molecule has 1 heterocycles. The molecule has 2 aliphatic rings. The number of hydrogen-bond donors (Lipinski definition) is 0. The SMILES string of the molecule is Clc1ccc(CN(Cc2nc(C3CC3)no2)C2CC2)cc1. The van der Waals surface area contributed by atoms with Crippen LogP contribution in [0.1, 0.15) is 48.9 Å². The van der Waals surface area contributed by atoms with Crippen molar-refractivity contribution in [3.05, 3.63) is 46.6 Å². The molecule has 0 radical (unpaired) electrons. The molecule has 0 spiro atoms. The van der Waals surface area contributed by atoms with Gasteiger partial charge in [0.05, 0.1) is 6.54 Å². The lowest BCUT2D eigenvalue weighted by Crippen LogP contribution is -2.25. The topological polar surface area (TPSA) is 42.2 Å². The number of hydrogen-bond acceptors (Lipinski definition) is 4. The smallest absolute Gasteiger partial charge is 0.240 e. The van der Waals surface area contributed by atoms with Crippen LogP contribution in [0, 0.1) is 0 Å². The Morgan fingerprint density at radius 2 is 1.86 bits per heavy atom. The maximum Gasteiger partial charge on any atom is 0.240 e. The van der Waals surface area contributed by atoms with Gasteiger partial charge in [0.1, 0.15) is 0 Å². The van der Waals surface area contributed by atoms with E-state index in [1.807, 2.05) is 12.1 Å². The number of halogens is 1. The highest BCUT2D eigenvalue weighted by Crippen LogP contribution is 2.38. The second-order valence-electron chi connectivity index (χ2n) is 6.08. The fourth-order valence-electron chi connectivity index (χ4n) is 2.59. The minimum Gasteiger partial charge on any atom is -0.338 e. The number of rotatable bonds is 6. The molecule has 2 aliphatic carbocycles. The van der Waals surface area contributed by atoms with E-state index in [0.717, 1.165) is 29.8 Å². The molecule has 21 heavy (non-hydrogen) atoms. The molecule has 0 bridgehead atoms. The zero-order valence-corrected chi connectivity index (χ0v) is 12.6. The van der Waals surface area contributed by atoms with Gasteiger partial charge in [0.15, 0.2) is 5.82 Å². The summed E-state index contributed by atoms with van der Waals surface area (Å²) in [4.78, 5) is 6.96. The minimum absolute atomic E-state index is 0.549. The summed E-state index contributed by atoms with van der Waals surface area (Å²) >= 11 is 5.94. The lowest BCUT2D eigenvalue weighted by Gasteiger charge is -2.19. The summed E-state index contributed by atoms with van der Waals surface area (Å²) in [6.45, 7) is 1.65. The zero-order chi connectivity index (χ0) is 14.2. The third-order valence-electron chi connectivity index (χ3n) is 4.13. The van der Waals surface area contributed by atoms with Gasteiger partial charge in [0, 0.05) is 23.5 Å². The second kappa shape index (κ2) is 5.43. The van der Waals surface area contributed by atoms with Crippen LogP contribution >= 0.6 is 11.6 Å². The largest absolute Gasteiger partial charge is 0.338 e. The van der Waals surface area contributed by atoms with Gasteiger partial charge in [-0.2, -0.15) is 4.98 Å². The highest BCUT2D eigenvalue weighted by Gasteiger charge is 2.32. The predicted molar refractivity (Wildman–Crippen MR) is 80.0 cm³/mol. The monoisotopic (exact) mass is 303 g/mol. The first-order chi connectivity index (χ1) is 10.3. The van der Waals surface area contributed by atoms with E-state index in [-0.39, 0.29) is 0 Å². The van der Waals surface area contributed by atoms with Crippen LogP contribution in [0.5, 0.6) is 0 Å². The van der Waals surface area contributed by atoms with Gasteiger partial charge in [0.2, 0.25) is 5.89 Å². The van der Waals surface area contributed by atoms with Gasteiger partial charge in [-0.1, -0.05) is 28.9 Å². The van der Waals surface area contributed by atoms with Crippen molar-refractivity contribution < 1.29 is 4.52 Å². The van der Waals surface area contributed by atoms with Crippen molar-refractivity contribution in [2.45, 2.75) is 50.7 Å². The summed E-state index contributed by atoms with van der Waals surface area (Å²) in [7, 11) is 0. The fourth-order valence-corrected chi connectivity index (χ4v) is 2.72. The molecule has 0 saturated heterocycles. The Kier molecular flexibility index (Phi) is 3.43. The zero-order valence-electron chi connectivity index (χ0n) is 11.8. The van der Waals surface area contributed by atoms with Crippen LogP contribution in [0.3, 0.4) is 0 Å². The molecule has 0 aliphatic heterocycles. The summed E-state index contributed by atoms with van der Waals surface area (Å²) in [5.41, 5.74) is 1.27. The van der Waals surface area contributed by atoms with Gasteiger partial charge >= 0.3 is 0 Å². The number of benzene rings is 1. The van der Waals surface area contributed by atoms with Crippen molar-refractivity contribution in [1.82, 2.24) is 15.0 Å². The Labute approximate surface area is 129 Å². The molecule has 4 rings (SSSR count). The summed E-state index contributed by atoms with van der Waals surface area (Å²) in [6.07, 6.45) is 4.93. The minimum atomic E-state index is 0.549. The van der Waals surface area contributed by atoms with Gasteiger partial charge in [-0.25, -0.2) is 0 Å². The van der Waals surface area contributed by atoms with Crippen molar-refractivity contribution in [3.8, 4) is 0 Å². The number of aromatic nitrogens is 2. The maximum absolute atomic E-state index is 5.94. The number of nitrogens with zero attached hydrogens (tertiary/aromatic N) is 3. The first kappa shape index (κ1) is 13.3. The van der Waals surface area contributed by atoms with Crippen LogP contribution in [-0.4, -0.2) is 21.1 Å². The molecule has 2 aromatic rings. The van der Waals surface area contributed by atoms with E-state index in [9.17, 15) is 0 Å². The molecule has 1 aromatic heterocycles. The van der Waals surface area contributed by atoms with E-state index in [4.69, 9.17) is 16.1 Å². The van der Waals surface area contributed by atoms with Crippen molar-refractivity contribution in [1.29, 1.82) is 0 Å². The predicted octanol–water partition coefficient (Wildman–Crippen LogP) is 3.77. The highest BCUT2D eigenvalue weighted by atomic mass is 35.5. The summed E-state index contributed by atoms with van der Waals surface area (Å²) in [6, 6.07) is 8.71. The van der Waals surface area contributed by atoms with Gasteiger partial charge in [0.25, 0.3) is 0 Å². The Bertz CT molecular complexity index is 617. The third-order valence-corrected chi connectivity index (χ3v) is 4.38. The van der Waals surface area contributed by atoms with E-state index >= 15 is 0 Å². The lowest BCUT2D eigenvalue weighted by molar-refractivity contribution is 0.209. The van der Waals surface area contributed by atoms with Crippen LogP contribution in [0.15, 0.2) is 28.8 Å². The molecule has 0 N–H and O–H groups in total. The fraction of sp³-hybridized carbons (Fsp3) is 0.500. The van der Waals surface area contributed by atoms with Gasteiger partial charge < -0.3 is 4.52 Å². The van der Waals surface area contributed by atoms with E-state index in [1.165, 1.54) is 31.2 Å². The second-order valence-corrected chi connectivity index (χ2v) is 6.52. The molecular formula is C16H18ClN3O. The average Bonchev–Trinajstić information content (AvgIpc) is 3.40. The van der Waals surface area contributed by atoms with Crippen molar-refractivity contribution in [3.63, 3.8) is 0 Å². The van der Waals surface area contributed by atoms with Crippen molar-refractivity contribution >= 4 is 11.6 Å². The quantitative estimate of drug-likeness (QED) is 0.815. The van der Waals surface area contributed by atoms with Crippen LogP contribution in [0.25, 0.3) is 0 Å². The maximum atomic E-state index is 5.94. The first-order valence-corrected chi connectivity index (χ1v) is 7.97. The van der Waals surface area contributed by atoms with E-state index in [0.29, 0.717) is 12.0 Å². The highest BCUT2D eigenvalue weighted by molar-refractivity contribution is 6.30. The molecule has 0 amide bonds. The summed E-state index contributed by atoms with van der Waals surface area (Å²) < 4.78 is 5.41. The van der Waals surface area contributed by atoms with E-state index < -0.39 is 0 Å². The van der Waals surface area contributed by atoms with Gasteiger partial charge in [-0.15, -0.1) is 0 Å². The van der Waals surface area contributed by atoms with Crippen LogP contribution in [0.4, 0.5) is 0 Å². The molecule has 4 nitrogen and oxygen atoms in total. The van der Waals surface area contributed by atoms with Crippen molar-refractivity contribution in [2.24, 2.45) is 0 Å². The Morgan fingerprint density at radius 3 is 2.52 bits per heavy atom. The normalized spacial score (nSPS) is 18.4. The molecule has 0 unspecified atom stereocenters. The summed E-state index contributed by atoms with van der Waals surface area (Å²) in [5, 5.41) is 4.88. The molecular weight excluding hydrogens is 286 g/mol. The molecule has 2 saturated carbocycles. The van der Waals surface area contributed by atoms with Crippen LogP contribution in [-0.2, 0) is 13.1 Å². The van der Waals surface area contributed by atoms with E-state index in [1.54, 1.807) is 0 Å². The van der Waals surface area contributed by atoms with Crippen LogP contribution in [0.2, 0.25) is 5.02 Å². The molecule has 2 fully saturated rings. The standard InChI is InChI=1S/C16H18ClN3O/c17-13-5-1-11(2-6-13)9-20(14-7-8-14)10-15-18-16(19-21-15)12-3-4-12/h1-2,5-6,12,14H,3-4,7-10H2. The Balaban J connectivity index is 1.44. The third kappa shape index (κ3) is 3.27. The first-order valence-electron chi connectivity index (χ1n) is 7.59. The molecule has 110 valence electrons. The molecule has 1 aromatic carbocycles. The van der Waals surface area contributed by atoms with Crippen LogP contribution < -0.4 is 0 Å². The lowest BCUT2D eigenvalue weighted by atomic mass is 10.2. The molecule has 5 heteroatoms. The van der Waals surface area contributed by atoms with Gasteiger partial charge in [-0.3, -0.25) is 4.90 Å². The Hall–Kier alpha value is -1.39.